The van der Waals surface area contributed by atoms with Gasteiger partial charge >= 0.3 is 5.97 Å². The third-order valence-electron chi connectivity index (χ3n) is 3.09. The molecule has 0 bridgehead atoms. The van der Waals surface area contributed by atoms with Gasteiger partial charge in [0.1, 0.15) is 11.3 Å². The van der Waals surface area contributed by atoms with Gasteiger partial charge in [-0.15, -0.1) is 0 Å². The van der Waals surface area contributed by atoms with Crippen LogP contribution in [0, 0.1) is 0 Å². The Hall–Kier alpha value is -2.49. The molecule has 0 unspecified atom stereocenters. The van der Waals surface area contributed by atoms with Crippen molar-refractivity contribution in [2.24, 2.45) is 0 Å². The third-order valence-corrected chi connectivity index (χ3v) is 3.09. The fourth-order valence-electron chi connectivity index (χ4n) is 1.95. The van der Waals surface area contributed by atoms with E-state index in [0.29, 0.717) is 11.3 Å². The lowest BCUT2D eigenvalue weighted by atomic mass is 10.1. The van der Waals surface area contributed by atoms with Crippen LogP contribution in [-0.2, 0) is 4.74 Å². The predicted molar refractivity (Wildman–Crippen MR) is 89.0 cm³/mol. The van der Waals surface area contributed by atoms with E-state index in [9.17, 15) is 4.79 Å². The second-order valence-electron chi connectivity index (χ2n) is 5.47. The topological polar surface area (TPSA) is 42.7 Å². The van der Waals surface area contributed by atoms with Crippen LogP contribution in [0.15, 0.2) is 41.0 Å². The number of ether oxygens (including phenoxy) is 1. The quantitative estimate of drug-likeness (QED) is 0.780. The maximum absolute atomic E-state index is 11.9. The second-order valence-corrected chi connectivity index (χ2v) is 5.47. The molecule has 2 rings (SSSR count). The fraction of sp³-hybridized carbons (Fsp3) is 0.278. The molecule has 1 aromatic carbocycles. The molecule has 1 aromatic heterocycles. The van der Waals surface area contributed by atoms with Gasteiger partial charge in [0.15, 0.2) is 0 Å². The lowest BCUT2D eigenvalue weighted by Gasteiger charge is -2.11. The summed E-state index contributed by atoms with van der Waals surface area (Å²) in [7, 11) is 4.00. The lowest BCUT2D eigenvalue weighted by Crippen LogP contribution is -2.11. The molecule has 4 heteroatoms. The van der Waals surface area contributed by atoms with Crippen molar-refractivity contribution in [3.05, 3.63) is 53.5 Å². The first-order valence-corrected chi connectivity index (χ1v) is 7.21. The number of hydrogen-bond acceptors (Lipinski definition) is 4. The third kappa shape index (κ3) is 4.01. The zero-order valence-electron chi connectivity index (χ0n) is 13.4. The van der Waals surface area contributed by atoms with Crippen LogP contribution in [-0.4, -0.2) is 26.2 Å². The Morgan fingerprint density at radius 2 is 1.82 bits per heavy atom. The second kappa shape index (κ2) is 6.98. The molecule has 0 fully saturated rings. The first kappa shape index (κ1) is 15.9. The molecule has 0 aliphatic heterocycles. The van der Waals surface area contributed by atoms with E-state index in [1.54, 1.807) is 12.1 Å². The van der Waals surface area contributed by atoms with Crippen molar-refractivity contribution in [1.29, 1.82) is 0 Å². The largest absolute Gasteiger partial charge is 0.464 e. The van der Waals surface area contributed by atoms with Gasteiger partial charge in [-0.25, -0.2) is 4.79 Å². The van der Waals surface area contributed by atoms with E-state index in [-0.39, 0.29) is 12.1 Å². The number of rotatable bonds is 5. The van der Waals surface area contributed by atoms with Gasteiger partial charge in [-0.2, -0.15) is 0 Å². The summed E-state index contributed by atoms with van der Waals surface area (Å²) < 4.78 is 10.5. The predicted octanol–water partition coefficient (Wildman–Crippen LogP) is 4.08. The van der Waals surface area contributed by atoms with Crippen LogP contribution in [0.3, 0.4) is 0 Å². The molecule has 0 saturated carbocycles. The first-order valence-electron chi connectivity index (χ1n) is 7.21. The first-order chi connectivity index (χ1) is 10.5. The van der Waals surface area contributed by atoms with Gasteiger partial charge < -0.3 is 14.1 Å². The van der Waals surface area contributed by atoms with Crippen LogP contribution in [0.1, 0.15) is 35.5 Å². The highest BCUT2D eigenvalue weighted by atomic mass is 16.5. The van der Waals surface area contributed by atoms with Gasteiger partial charge in [0.05, 0.1) is 12.4 Å². The number of anilines is 1. The van der Waals surface area contributed by atoms with Crippen molar-refractivity contribution in [3.8, 4) is 0 Å². The van der Waals surface area contributed by atoms with Gasteiger partial charge in [0.2, 0.25) is 0 Å². The van der Waals surface area contributed by atoms with E-state index in [1.165, 1.54) is 6.26 Å². The summed E-state index contributed by atoms with van der Waals surface area (Å²) in [6.45, 7) is 3.64. The minimum Gasteiger partial charge on any atom is -0.464 e. The molecule has 0 N–H and O–H groups in total. The van der Waals surface area contributed by atoms with Crippen LogP contribution in [0.5, 0.6) is 0 Å². The molecule has 116 valence electrons. The Balaban J connectivity index is 2.14. The lowest BCUT2D eigenvalue weighted by molar-refractivity contribution is 0.0377. The molecule has 0 atom stereocenters. The highest BCUT2D eigenvalue weighted by Crippen LogP contribution is 2.18. The van der Waals surface area contributed by atoms with Crippen molar-refractivity contribution < 1.29 is 13.9 Å². The Morgan fingerprint density at radius 3 is 2.41 bits per heavy atom. The van der Waals surface area contributed by atoms with Crippen molar-refractivity contribution in [2.45, 2.75) is 20.0 Å². The molecule has 0 aliphatic rings. The van der Waals surface area contributed by atoms with Crippen molar-refractivity contribution in [1.82, 2.24) is 0 Å². The highest BCUT2D eigenvalue weighted by Gasteiger charge is 2.15. The normalized spacial score (nSPS) is 11.1. The smallest absolute Gasteiger partial charge is 0.342 e. The average molecular weight is 299 g/mol. The zero-order valence-corrected chi connectivity index (χ0v) is 13.4. The van der Waals surface area contributed by atoms with E-state index >= 15 is 0 Å². The Labute approximate surface area is 131 Å². The number of carbonyl (C=O) groups is 1. The molecule has 1 heterocycles. The fourth-order valence-corrected chi connectivity index (χ4v) is 1.95. The van der Waals surface area contributed by atoms with Gasteiger partial charge in [0, 0.05) is 19.8 Å². The molecule has 0 aliphatic carbocycles. The Morgan fingerprint density at radius 1 is 1.14 bits per heavy atom. The minimum atomic E-state index is -0.369. The number of benzene rings is 1. The number of esters is 1. The summed E-state index contributed by atoms with van der Waals surface area (Å²) in [6.07, 6.45) is 5.02. The van der Waals surface area contributed by atoms with Crippen LogP contribution in [0.2, 0.25) is 0 Å². The summed E-state index contributed by atoms with van der Waals surface area (Å²) >= 11 is 0. The average Bonchev–Trinajstić information content (AvgIpc) is 2.93. The molecule has 0 amide bonds. The Kier molecular flexibility index (Phi) is 5.04. The van der Waals surface area contributed by atoms with Gasteiger partial charge in [-0.05, 0) is 43.7 Å². The Bertz CT molecular complexity index is 651. The summed E-state index contributed by atoms with van der Waals surface area (Å²) in [5.41, 5.74) is 2.61. The number of hydrogen-bond donors (Lipinski definition) is 0. The van der Waals surface area contributed by atoms with Crippen molar-refractivity contribution in [3.63, 3.8) is 0 Å². The molecule has 2 aromatic rings. The maximum Gasteiger partial charge on any atom is 0.342 e. The van der Waals surface area contributed by atoms with E-state index in [1.807, 2.05) is 63.2 Å². The molecular formula is C18H21NO3. The van der Waals surface area contributed by atoms with E-state index in [2.05, 4.69) is 0 Å². The van der Waals surface area contributed by atoms with Crippen LogP contribution in [0.25, 0.3) is 12.2 Å². The standard InChI is InChI=1S/C18H21NO3/c1-13(2)22-18(20)16-11-12-21-17(16)10-7-14-5-8-15(9-6-14)19(3)4/h5-13H,1-4H3/b10-7+. The summed E-state index contributed by atoms with van der Waals surface area (Å²) in [4.78, 5) is 14.0. The molecule has 0 spiro atoms. The SMILES string of the molecule is CC(C)OC(=O)c1ccoc1/C=C/c1ccc(N(C)C)cc1. The van der Waals surface area contributed by atoms with Crippen LogP contribution in [0.4, 0.5) is 5.69 Å². The van der Waals surface area contributed by atoms with Gasteiger partial charge in [0.25, 0.3) is 0 Å². The zero-order chi connectivity index (χ0) is 16.1. The van der Waals surface area contributed by atoms with Gasteiger partial charge in [-0.1, -0.05) is 18.2 Å². The maximum atomic E-state index is 11.9. The van der Waals surface area contributed by atoms with Crippen molar-refractivity contribution in [2.75, 3.05) is 19.0 Å². The van der Waals surface area contributed by atoms with Gasteiger partial charge in [-0.3, -0.25) is 0 Å². The molecule has 0 saturated heterocycles. The van der Waals surface area contributed by atoms with Crippen LogP contribution < -0.4 is 4.90 Å². The monoisotopic (exact) mass is 299 g/mol. The number of carbonyl (C=O) groups excluding carboxylic acids is 1. The van der Waals surface area contributed by atoms with Crippen LogP contribution >= 0.6 is 0 Å². The van der Waals surface area contributed by atoms with E-state index in [0.717, 1.165) is 11.3 Å². The molecule has 4 nitrogen and oxygen atoms in total. The number of nitrogens with zero attached hydrogens (tertiary/aromatic N) is 1. The highest BCUT2D eigenvalue weighted by molar-refractivity contribution is 5.93. The summed E-state index contributed by atoms with van der Waals surface area (Å²) in [6, 6.07) is 9.73. The van der Waals surface area contributed by atoms with E-state index < -0.39 is 0 Å². The molecule has 22 heavy (non-hydrogen) atoms. The number of furan rings is 1. The van der Waals surface area contributed by atoms with Crippen molar-refractivity contribution >= 4 is 23.8 Å². The molecule has 0 radical (unpaired) electrons. The van der Waals surface area contributed by atoms with E-state index in [4.69, 9.17) is 9.15 Å². The summed E-state index contributed by atoms with van der Waals surface area (Å²) in [5, 5.41) is 0. The summed E-state index contributed by atoms with van der Waals surface area (Å²) in [5.74, 6) is 0.133. The minimum absolute atomic E-state index is 0.155. The molecular weight excluding hydrogens is 278 g/mol.